The van der Waals surface area contributed by atoms with Gasteiger partial charge in [0.1, 0.15) is 6.61 Å². The average Bonchev–Trinajstić information content (AvgIpc) is 3.25. The zero-order chi connectivity index (χ0) is 29.3. The van der Waals surface area contributed by atoms with Crippen molar-refractivity contribution < 1.29 is 33.5 Å². The molecule has 1 aromatic carbocycles. The van der Waals surface area contributed by atoms with E-state index in [9.17, 15) is 24.0 Å². The molecule has 40 heavy (non-hydrogen) atoms. The van der Waals surface area contributed by atoms with Crippen LogP contribution in [0.4, 0.5) is 10.5 Å². The number of imide groups is 1. The standard InChI is InChI=1S/C28H43N5O7/c1-20(2)23(18-30-16-17-31-22-12-10-21(11-13-22)19-39-28(38)29-3)32-24(34)8-6-4-5-7-9-27(37)40-33-25(35)14-15-26(33)36/h10-13,20,23,30-31H,4-9,14-19H2,1-3H3,(H,29,38)(H,32,34)/t23-/m1/s1. The topological polar surface area (TPSA) is 155 Å². The van der Waals surface area contributed by atoms with E-state index in [0.717, 1.165) is 30.6 Å². The first-order valence-corrected chi connectivity index (χ1v) is 13.9. The number of carbonyl (C=O) groups excluding carboxylic acids is 5. The highest BCUT2D eigenvalue weighted by molar-refractivity contribution is 6.01. The number of amides is 4. The molecule has 0 aromatic heterocycles. The van der Waals surface area contributed by atoms with Crippen LogP contribution in [0.1, 0.15) is 70.8 Å². The van der Waals surface area contributed by atoms with Crippen LogP contribution in [0, 0.1) is 5.92 Å². The summed E-state index contributed by atoms with van der Waals surface area (Å²) in [5.41, 5.74) is 1.87. The number of hydrogen-bond donors (Lipinski definition) is 4. The van der Waals surface area contributed by atoms with Crippen LogP contribution in [-0.4, -0.2) is 67.6 Å². The largest absolute Gasteiger partial charge is 0.445 e. The van der Waals surface area contributed by atoms with Crippen molar-refractivity contribution in [1.82, 2.24) is 21.0 Å². The molecule has 1 aliphatic heterocycles. The van der Waals surface area contributed by atoms with E-state index < -0.39 is 23.9 Å². The van der Waals surface area contributed by atoms with Crippen LogP contribution < -0.4 is 21.3 Å². The number of unbranched alkanes of at least 4 members (excludes halogenated alkanes) is 3. The lowest BCUT2D eigenvalue weighted by Gasteiger charge is -2.23. The van der Waals surface area contributed by atoms with Crippen LogP contribution in [0.15, 0.2) is 24.3 Å². The summed E-state index contributed by atoms with van der Waals surface area (Å²) in [6, 6.07) is 7.68. The molecule has 0 aliphatic carbocycles. The number of carbonyl (C=O) groups is 5. The summed E-state index contributed by atoms with van der Waals surface area (Å²) < 4.78 is 5.02. The van der Waals surface area contributed by atoms with Gasteiger partial charge < -0.3 is 30.8 Å². The van der Waals surface area contributed by atoms with Crippen LogP contribution in [0.5, 0.6) is 0 Å². The van der Waals surface area contributed by atoms with Gasteiger partial charge in [-0.2, -0.15) is 0 Å². The fourth-order valence-electron chi connectivity index (χ4n) is 3.94. The minimum Gasteiger partial charge on any atom is -0.445 e. The highest BCUT2D eigenvalue weighted by Crippen LogP contribution is 2.14. The van der Waals surface area contributed by atoms with Gasteiger partial charge in [-0.15, -0.1) is 5.06 Å². The molecule has 0 radical (unpaired) electrons. The summed E-state index contributed by atoms with van der Waals surface area (Å²) in [6.45, 7) is 6.46. The van der Waals surface area contributed by atoms with Crippen molar-refractivity contribution in [3.05, 3.63) is 29.8 Å². The van der Waals surface area contributed by atoms with Crippen molar-refractivity contribution in [2.24, 2.45) is 5.92 Å². The third-order valence-electron chi connectivity index (χ3n) is 6.41. The Balaban J connectivity index is 1.53. The summed E-state index contributed by atoms with van der Waals surface area (Å²) in [4.78, 5) is 63.2. The second-order valence-electron chi connectivity index (χ2n) is 10.0. The zero-order valence-corrected chi connectivity index (χ0v) is 23.8. The van der Waals surface area contributed by atoms with Crippen molar-refractivity contribution in [2.75, 3.05) is 32.0 Å². The molecule has 0 unspecified atom stereocenters. The Hall–Kier alpha value is -3.67. The van der Waals surface area contributed by atoms with Crippen LogP contribution >= 0.6 is 0 Å². The van der Waals surface area contributed by atoms with Gasteiger partial charge in [0.05, 0.1) is 0 Å². The molecule has 0 bridgehead atoms. The van der Waals surface area contributed by atoms with Crippen molar-refractivity contribution in [1.29, 1.82) is 0 Å². The van der Waals surface area contributed by atoms with Crippen LogP contribution in [-0.2, 0) is 35.4 Å². The lowest BCUT2D eigenvalue weighted by molar-refractivity contribution is -0.197. The number of anilines is 1. The second kappa shape index (κ2) is 17.8. The highest BCUT2D eigenvalue weighted by Gasteiger charge is 2.32. The predicted octanol–water partition coefficient (Wildman–Crippen LogP) is 2.63. The number of nitrogens with zero attached hydrogens (tertiary/aromatic N) is 1. The fraction of sp³-hybridized carbons (Fsp3) is 0.607. The molecule has 12 heteroatoms. The van der Waals surface area contributed by atoms with E-state index in [2.05, 4.69) is 35.1 Å². The molecule has 1 heterocycles. The third kappa shape index (κ3) is 12.5. The number of hydroxylamine groups is 2. The number of rotatable bonds is 18. The maximum absolute atomic E-state index is 12.4. The third-order valence-corrected chi connectivity index (χ3v) is 6.41. The lowest BCUT2D eigenvalue weighted by atomic mass is 10.0. The van der Waals surface area contributed by atoms with Crippen LogP contribution in [0.25, 0.3) is 0 Å². The summed E-state index contributed by atoms with van der Waals surface area (Å²) in [5, 5.41) is 12.8. The van der Waals surface area contributed by atoms with Crippen molar-refractivity contribution in [3.8, 4) is 0 Å². The number of alkyl carbamates (subject to hydrolysis) is 1. The van der Waals surface area contributed by atoms with E-state index in [1.54, 1.807) is 0 Å². The Morgan fingerprint density at radius 1 is 0.925 bits per heavy atom. The quantitative estimate of drug-likeness (QED) is 0.156. The van der Waals surface area contributed by atoms with Gasteiger partial charge in [0, 0.05) is 64.1 Å². The highest BCUT2D eigenvalue weighted by atomic mass is 16.7. The van der Waals surface area contributed by atoms with E-state index in [1.165, 1.54) is 7.05 Å². The Bertz CT molecular complexity index is 968. The SMILES string of the molecule is CNC(=O)OCc1ccc(NCCNC[C@@H](NC(=O)CCCCCCC(=O)ON2C(=O)CCC2=O)C(C)C)cc1. The molecule has 1 aromatic rings. The number of nitrogens with one attached hydrogen (secondary N) is 4. The molecular weight excluding hydrogens is 518 g/mol. The zero-order valence-electron chi connectivity index (χ0n) is 23.8. The van der Waals surface area contributed by atoms with E-state index >= 15 is 0 Å². The Morgan fingerprint density at radius 3 is 2.20 bits per heavy atom. The smallest absolute Gasteiger partial charge is 0.407 e. The van der Waals surface area contributed by atoms with E-state index in [-0.39, 0.29) is 43.7 Å². The molecule has 1 aliphatic rings. The predicted molar refractivity (Wildman–Crippen MR) is 149 cm³/mol. The van der Waals surface area contributed by atoms with Gasteiger partial charge in [-0.3, -0.25) is 14.4 Å². The molecular formula is C28H43N5O7. The molecule has 1 saturated heterocycles. The Morgan fingerprint density at radius 2 is 1.57 bits per heavy atom. The van der Waals surface area contributed by atoms with Gasteiger partial charge in [-0.25, -0.2) is 9.59 Å². The molecule has 1 fully saturated rings. The van der Waals surface area contributed by atoms with Crippen molar-refractivity contribution in [2.45, 2.75) is 77.9 Å². The normalized spacial score (nSPS) is 13.8. The number of benzene rings is 1. The molecule has 222 valence electrons. The summed E-state index contributed by atoms with van der Waals surface area (Å²) >= 11 is 0. The van der Waals surface area contributed by atoms with E-state index in [4.69, 9.17) is 9.57 Å². The maximum atomic E-state index is 12.4. The summed E-state index contributed by atoms with van der Waals surface area (Å²) in [7, 11) is 1.52. The maximum Gasteiger partial charge on any atom is 0.407 e. The molecule has 12 nitrogen and oxygen atoms in total. The van der Waals surface area contributed by atoms with Crippen LogP contribution in [0.3, 0.4) is 0 Å². The number of hydrogen-bond acceptors (Lipinski definition) is 9. The minimum absolute atomic E-state index is 0.00424. The van der Waals surface area contributed by atoms with Gasteiger partial charge >= 0.3 is 12.1 Å². The number of ether oxygens (including phenoxy) is 1. The Kier molecular flexibility index (Phi) is 14.5. The molecule has 2 rings (SSSR count). The monoisotopic (exact) mass is 561 g/mol. The summed E-state index contributed by atoms with van der Waals surface area (Å²) in [6.07, 6.45) is 3.05. The summed E-state index contributed by atoms with van der Waals surface area (Å²) in [5.74, 6) is -1.28. The van der Waals surface area contributed by atoms with Gasteiger partial charge in [-0.05, 0) is 36.5 Å². The lowest BCUT2D eigenvalue weighted by Crippen LogP contribution is -2.46. The fourth-order valence-corrected chi connectivity index (χ4v) is 3.94. The van der Waals surface area contributed by atoms with E-state index in [0.29, 0.717) is 37.4 Å². The van der Waals surface area contributed by atoms with Gasteiger partial charge in [0.2, 0.25) is 5.91 Å². The average molecular weight is 562 g/mol. The van der Waals surface area contributed by atoms with Crippen LogP contribution in [0.2, 0.25) is 0 Å². The molecule has 4 N–H and O–H groups in total. The van der Waals surface area contributed by atoms with Crippen molar-refractivity contribution in [3.63, 3.8) is 0 Å². The molecule has 4 amide bonds. The Labute approximate surface area is 235 Å². The first-order valence-electron chi connectivity index (χ1n) is 13.9. The molecule has 0 spiro atoms. The molecule has 0 saturated carbocycles. The first kappa shape index (κ1) is 32.5. The van der Waals surface area contributed by atoms with Gasteiger partial charge in [-0.1, -0.05) is 38.8 Å². The van der Waals surface area contributed by atoms with Crippen molar-refractivity contribution >= 4 is 35.5 Å². The molecule has 1 atom stereocenters. The first-order chi connectivity index (χ1) is 19.2. The minimum atomic E-state index is -0.591. The van der Waals surface area contributed by atoms with Gasteiger partial charge in [0.15, 0.2) is 0 Å². The van der Waals surface area contributed by atoms with Gasteiger partial charge in [0.25, 0.3) is 11.8 Å². The van der Waals surface area contributed by atoms with E-state index in [1.807, 2.05) is 24.3 Å². The second-order valence-corrected chi connectivity index (χ2v) is 10.0.